The summed E-state index contributed by atoms with van der Waals surface area (Å²) >= 11 is 1.08. The molecule has 1 amide bonds. The molecule has 1 saturated heterocycles. The van der Waals surface area contributed by atoms with Crippen molar-refractivity contribution < 1.29 is 19.4 Å². The number of H-pyrrole nitrogens is 1. The first-order valence-electron chi connectivity index (χ1n) is 9.22. The predicted octanol–water partition coefficient (Wildman–Crippen LogP) is 1.30. The smallest absolute Gasteiger partial charge is 0.280 e. The zero-order chi connectivity index (χ0) is 21.3. The largest absolute Gasteiger partial charge is 0.390 e. The van der Waals surface area contributed by atoms with Crippen molar-refractivity contribution in [3.63, 3.8) is 0 Å². The van der Waals surface area contributed by atoms with Crippen LogP contribution in [0.2, 0.25) is 0 Å². The lowest BCUT2D eigenvalue weighted by Crippen LogP contribution is -2.23. The summed E-state index contributed by atoms with van der Waals surface area (Å²) in [6, 6.07) is 8.53. The number of nitrogens with one attached hydrogen (secondary N) is 2. The van der Waals surface area contributed by atoms with Gasteiger partial charge in [-0.15, -0.1) is 0 Å². The number of imidazole rings is 1. The first kappa shape index (κ1) is 20.3. The molecule has 10 nitrogen and oxygen atoms in total. The molecule has 0 radical (unpaired) electrons. The fraction of sp³-hybridized carbons (Fsp3) is 0.316. The minimum absolute atomic E-state index is 0.0228. The number of carbonyl (C=O) groups excluding carboxylic acids is 2. The van der Waals surface area contributed by atoms with Crippen molar-refractivity contribution in [2.24, 2.45) is 0 Å². The van der Waals surface area contributed by atoms with E-state index in [4.69, 9.17) is 4.74 Å². The molecule has 11 heteroatoms. The third-order valence-corrected chi connectivity index (χ3v) is 5.57. The van der Waals surface area contributed by atoms with E-state index < -0.39 is 29.9 Å². The van der Waals surface area contributed by atoms with E-state index in [-0.39, 0.29) is 28.6 Å². The molecule has 0 spiro atoms. The average molecular weight is 429 g/mol. The first-order chi connectivity index (χ1) is 14.4. The first-order valence-corrected chi connectivity index (χ1v) is 10.2. The number of aliphatic hydroxyl groups is 1. The zero-order valence-corrected chi connectivity index (χ0v) is 16.8. The molecule has 3 N–H and O–H groups in total. The summed E-state index contributed by atoms with van der Waals surface area (Å²) in [6.07, 6.45) is -0.226. The SMILES string of the molecule is CC(=O)SC[C@H]1O[C@@H](n2cnc3c(=O)[nH]c(NC(=O)c4ccccc4)nc32)C[C@@H]1O. The van der Waals surface area contributed by atoms with Gasteiger partial charge in [0.15, 0.2) is 16.3 Å². The molecule has 3 aromatic rings. The van der Waals surface area contributed by atoms with Crippen LogP contribution in [0.25, 0.3) is 11.2 Å². The van der Waals surface area contributed by atoms with Gasteiger partial charge in [-0.1, -0.05) is 30.0 Å². The Labute approximate surface area is 174 Å². The molecule has 1 aliphatic heterocycles. The monoisotopic (exact) mass is 429 g/mol. The van der Waals surface area contributed by atoms with Gasteiger partial charge < -0.3 is 9.84 Å². The van der Waals surface area contributed by atoms with Gasteiger partial charge in [0.2, 0.25) is 5.95 Å². The molecule has 0 saturated carbocycles. The summed E-state index contributed by atoms with van der Waals surface area (Å²) < 4.78 is 7.41. The van der Waals surface area contributed by atoms with Crippen LogP contribution in [0.1, 0.15) is 29.9 Å². The van der Waals surface area contributed by atoms with E-state index in [9.17, 15) is 19.5 Å². The van der Waals surface area contributed by atoms with Crippen LogP contribution < -0.4 is 10.9 Å². The van der Waals surface area contributed by atoms with Crippen molar-refractivity contribution in [2.45, 2.75) is 31.8 Å². The van der Waals surface area contributed by atoms with E-state index >= 15 is 0 Å². The summed E-state index contributed by atoms with van der Waals surface area (Å²) in [4.78, 5) is 46.9. The zero-order valence-electron chi connectivity index (χ0n) is 15.9. The maximum Gasteiger partial charge on any atom is 0.280 e. The Morgan fingerprint density at radius 2 is 2.13 bits per heavy atom. The Balaban J connectivity index is 1.59. The van der Waals surface area contributed by atoms with Crippen molar-refractivity contribution in [2.75, 3.05) is 11.1 Å². The second kappa shape index (κ2) is 8.38. The number of fused-ring (bicyclic) bond motifs is 1. The number of ether oxygens (including phenoxy) is 1. The average Bonchev–Trinajstić information content (AvgIpc) is 3.30. The number of hydrogen-bond acceptors (Lipinski definition) is 8. The van der Waals surface area contributed by atoms with Crippen LogP contribution in [0.4, 0.5) is 5.95 Å². The Bertz CT molecular complexity index is 1150. The summed E-state index contributed by atoms with van der Waals surface area (Å²) in [7, 11) is 0. The van der Waals surface area contributed by atoms with Crippen LogP contribution in [0, 0.1) is 0 Å². The number of nitrogens with zero attached hydrogens (tertiary/aromatic N) is 3. The summed E-state index contributed by atoms with van der Waals surface area (Å²) in [5, 5.41) is 12.8. The van der Waals surface area contributed by atoms with Crippen molar-refractivity contribution in [3.05, 3.63) is 52.6 Å². The highest BCUT2D eigenvalue weighted by atomic mass is 32.2. The molecule has 1 aliphatic rings. The van der Waals surface area contributed by atoms with Crippen LogP contribution in [0.15, 0.2) is 41.5 Å². The van der Waals surface area contributed by atoms with Gasteiger partial charge in [0.1, 0.15) is 6.23 Å². The number of aliphatic hydroxyl groups excluding tert-OH is 1. The number of amides is 1. The Morgan fingerprint density at radius 1 is 1.37 bits per heavy atom. The minimum atomic E-state index is -0.765. The van der Waals surface area contributed by atoms with Gasteiger partial charge in [-0.2, -0.15) is 4.98 Å². The Hall–Kier alpha value is -3.02. The van der Waals surface area contributed by atoms with Crippen molar-refractivity contribution >= 4 is 39.9 Å². The molecule has 2 aromatic heterocycles. The maximum absolute atomic E-state index is 12.4. The second-order valence-corrected chi connectivity index (χ2v) is 7.99. The van der Waals surface area contributed by atoms with E-state index in [1.54, 1.807) is 34.9 Å². The van der Waals surface area contributed by atoms with E-state index in [2.05, 4.69) is 20.3 Å². The highest BCUT2D eigenvalue weighted by Gasteiger charge is 2.36. The molecule has 0 unspecified atom stereocenters. The Kier molecular flexibility index (Phi) is 5.66. The summed E-state index contributed by atoms with van der Waals surface area (Å²) in [6.45, 7) is 1.45. The van der Waals surface area contributed by atoms with Crippen molar-refractivity contribution in [1.29, 1.82) is 0 Å². The molecule has 156 valence electrons. The number of aromatic nitrogens is 4. The fourth-order valence-corrected chi connectivity index (χ4v) is 3.90. The van der Waals surface area contributed by atoms with Gasteiger partial charge >= 0.3 is 0 Å². The number of benzene rings is 1. The van der Waals surface area contributed by atoms with E-state index in [1.165, 1.54) is 13.3 Å². The van der Waals surface area contributed by atoms with Crippen LogP contribution in [-0.4, -0.2) is 53.6 Å². The fourth-order valence-electron chi connectivity index (χ4n) is 3.20. The minimum Gasteiger partial charge on any atom is -0.390 e. The van der Waals surface area contributed by atoms with E-state index in [0.29, 0.717) is 11.3 Å². The highest BCUT2D eigenvalue weighted by molar-refractivity contribution is 8.13. The topological polar surface area (TPSA) is 139 Å². The molecule has 4 rings (SSSR count). The quantitative estimate of drug-likeness (QED) is 0.551. The lowest BCUT2D eigenvalue weighted by atomic mass is 10.2. The van der Waals surface area contributed by atoms with Crippen LogP contribution >= 0.6 is 11.8 Å². The third-order valence-electron chi connectivity index (χ3n) is 4.67. The maximum atomic E-state index is 12.4. The number of rotatable bonds is 5. The van der Waals surface area contributed by atoms with E-state index in [1.807, 2.05) is 0 Å². The molecular formula is C19H19N5O5S. The standard InChI is InChI=1S/C19H19N5O5S/c1-10(25)30-8-13-12(26)7-14(29-13)24-9-20-15-16(24)21-19(23-18(15)28)22-17(27)11-5-3-2-4-6-11/h2-6,9,12-14,26H,7-8H2,1H3,(H2,21,22,23,27,28)/t12-,13+,14+/m0/s1. The molecular weight excluding hydrogens is 410 g/mol. The normalized spacial score (nSPS) is 21.1. The van der Waals surface area contributed by atoms with Gasteiger partial charge in [-0.25, -0.2) is 4.98 Å². The number of thioether (sulfide) groups is 1. The summed E-state index contributed by atoms with van der Waals surface area (Å²) in [5.41, 5.74) is 0.220. The molecule has 0 aliphatic carbocycles. The number of carbonyl (C=O) groups is 2. The molecule has 1 aromatic carbocycles. The van der Waals surface area contributed by atoms with Gasteiger partial charge in [-0.3, -0.25) is 29.3 Å². The number of anilines is 1. The van der Waals surface area contributed by atoms with Crippen molar-refractivity contribution in [1.82, 2.24) is 19.5 Å². The summed E-state index contributed by atoms with van der Waals surface area (Å²) in [5.74, 6) is -0.116. The molecule has 1 fully saturated rings. The lowest BCUT2D eigenvalue weighted by Gasteiger charge is -2.15. The van der Waals surface area contributed by atoms with Gasteiger partial charge in [0.25, 0.3) is 11.5 Å². The van der Waals surface area contributed by atoms with Crippen LogP contribution in [-0.2, 0) is 9.53 Å². The molecule has 3 heterocycles. The molecule has 30 heavy (non-hydrogen) atoms. The number of aromatic amines is 1. The highest BCUT2D eigenvalue weighted by Crippen LogP contribution is 2.32. The van der Waals surface area contributed by atoms with Gasteiger partial charge in [0, 0.05) is 24.7 Å². The van der Waals surface area contributed by atoms with Gasteiger partial charge in [0.05, 0.1) is 18.5 Å². The lowest BCUT2D eigenvalue weighted by molar-refractivity contribution is -0.109. The number of hydrogen-bond donors (Lipinski definition) is 3. The molecule has 0 bridgehead atoms. The van der Waals surface area contributed by atoms with Crippen LogP contribution in [0.3, 0.4) is 0 Å². The van der Waals surface area contributed by atoms with Crippen molar-refractivity contribution in [3.8, 4) is 0 Å². The van der Waals surface area contributed by atoms with Crippen LogP contribution in [0.5, 0.6) is 0 Å². The van der Waals surface area contributed by atoms with Gasteiger partial charge in [-0.05, 0) is 12.1 Å². The molecule has 3 atom stereocenters. The second-order valence-electron chi connectivity index (χ2n) is 6.79. The van der Waals surface area contributed by atoms with E-state index in [0.717, 1.165) is 11.8 Å². The third kappa shape index (κ3) is 4.13. The Morgan fingerprint density at radius 3 is 2.87 bits per heavy atom. The predicted molar refractivity (Wildman–Crippen MR) is 110 cm³/mol.